The van der Waals surface area contributed by atoms with Crippen LogP contribution in [0.3, 0.4) is 0 Å². The van der Waals surface area contributed by atoms with E-state index in [-0.39, 0.29) is 32.2 Å². The second-order valence-corrected chi connectivity index (χ2v) is 17.0. The number of esters is 2. The molecule has 11 heteroatoms. The van der Waals surface area contributed by atoms with E-state index in [2.05, 4.69) is 92.0 Å². The molecule has 10 nitrogen and oxygen atoms in total. The smallest absolute Gasteiger partial charge is 0.306 e. The van der Waals surface area contributed by atoms with Crippen molar-refractivity contribution in [1.29, 1.82) is 0 Å². The largest absolute Gasteiger partial charge is 0.756 e. The average Bonchev–Trinajstić information content (AvgIpc) is 3.17. The number of likely N-dealkylation sites (N-methyl/N-ethyl adjacent to an activating group) is 1. The zero-order chi connectivity index (χ0) is 43.7. The van der Waals surface area contributed by atoms with Crippen LogP contribution in [0.2, 0.25) is 0 Å². The van der Waals surface area contributed by atoms with Crippen molar-refractivity contribution >= 4 is 19.8 Å². The normalized spacial score (nSPS) is 15.0. The van der Waals surface area contributed by atoms with Gasteiger partial charge in [-0.1, -0.05) is 117 Å². The van der Waals surface area contributed by atoms with E-state index in [0.717, 1.165) is 89.9 Å². The van der Waals surface area contributed by atoms with E-state index in [0.29, 0.717) is 30.3 Å². The van der Waals surface area contributed by atoms with Gasteiger partial charge in [-0.3, -0.25) is 14.2 Å². The predicted octanol–water partition coefficient (Wildman–Crippen LogP) is 10.9. The molecule has 0 aromatic carbocycles. The van der Waals surface area contributed by atoms with Gasteiger partial charge in [-0.05, 0) is 103 Å². The number of hydrogen-bond acceptors (Lipinski definition) is 9. The zero-order valence-corrected chi connectivity index (χ0v) is 38.2. The van der Waals surface area contributed by atoms with E-state index < -0.39 is 32.5 Å². The summed E-state index contributed by atoms with van der Waals surface area (Å²) in [4.78, 5) is 37.5. The SMILES string of the molecule is CC/C=C\C/C=C\C/C=C\C/C=C\CCCCCCC(=O)OC[C@H](COP(=O)([O-])OCC[N+](C)(C)C)OC(=O)CCC/C=C\C/C=C\C/C=C\C/C=C\CCC[C@H](C)O. The Morgan fingerprint density at radius 2 is 1.07 bits per heavy atom. The van der Waals surface area contributed by atoms with Crippen molar-refractivity contribution in [3.63, 3.8) is 0 Å². The standard InChI is InChI=1S/C48H80NO9P/c1-6-7-8-9-10-11-12-13-14-15-18-21-24-27-30-33-36-39-47(51)55-43-46(44-57-59(53,54)56-42-41-49(3,4)5)58-48(52)40-37-34-31-28-25-22-19-16-17-20-23-26-29-32-35-38-45(2)50/h7-8,10-11,13-14,17-22,26,28-29,31,45-46,50H,6,9,12,15-16,23-25,27,30,32-44H2,1-5H3/b8-7-,11-10-,14-13-,20-17-,21-18-,22-19-,29-26-,31-28-/t45-,46+/m0/s1. The van der Waals surface area contributed by atoms with Crippen LogP contribution in [0.25, 0.3) is 0 Å². The lowest BCUT2D eigenvalue weighted by Crippen LogP contribution is -2.37. The average molecular weight is 846 g/mol. The van der Waals surface area contributed by atoms with E-state index in [4.69, 9.17) is 18.5 Å². The maximum Gasteiger partial charge on any atom is 0.306 e. The highest BCUT2D eigenvalue weighted by Gasteiger charge is 2.21. The Labute approximate surface area is 358 Å². The Balaban J connectivity index is 4.53. The molecular weight excluding hydrogens is 765 g/mol. The van der Waals surface area contributed by atoms with Crippen LogP contribution in [0.5, 0.6) is 0 Å². The number of hydrogen-bond donors (Lipinski definition) is 1. The summed E-state index contributed by atoms with van der Waals surface area (Å²) >= 11 is 0. The van der Waals surface area contributed by atoms with Crippen molar-refractivity contribution in [2.24, 2.45) is 0 Å². The fraction of sp³-hybridized carbons (Fsp3) is 0.625. The highest BCUT2D eigenvalue weighted by Crippen LogP contribution is 2.38. The monoisotopic (exact) mass is 846 g/mol. The molecule has 0 rings (SSSR count). The third-order valence-corrected chi connectivity index (χ3v) is 9.57. The summed E-state index contributed by atoms with van der Waals surface area (Å²) in [5, 5.41) is 9.28. The molecule has 336 valence electrons. The third-order valence-electron chi connectivity index (χ3n) is 8.61. The van der Waals surface area contributed by atoms with Crippen LogP contribution in [0.4, 0.5) is 0 Å². The van der Waals surface area contributed by atoms with Crippen molar-refractivity contribution in [1.82, 2.24) is 0 Å². The second-order valence-electron chi connectivity index (χ2n) is 15.6. The van der Waals surface area contributed by atoms with Crippen molar-refractivity contribution < 1.29 is 47.2 Å². The van der Waals surface area contributed by atoms with Gasteiger partial charge >= 0.3 is 11.9 Å². The van der Waals surface area contributed by atoms with Crippen LogP contribution in [0.1, 0.15) is 136 Å². The van der Waals surface area contributed by atoms with Crippen LogP contribution in [-0.2, 0) is 32.7 Å². The zero-order valence-electron chi connectivity index (χ0n) is 37.3. The molecule has 0 aromatic rings. The number of ether oxygens (including phenoxy) is 2. The van der Waals surface area contributed by atoms with Crippen molar-refractivity contribution in [3.05, 3.63) is 97.2 Å². The molecule has 0 aliphatic heterocycles. The van der Waals surface area contributed by atoms with Gasteiger partial charge in [-0.25, -0.2) is 0 Å². The number of aliphatic hydroxyl groups excluding tert-OH is 1. The Bertz CT molecular complexity index is 1340. The van der Waals surface area contributed by atoms with Gasteiger partial charge in [-0.2, -0.15) is 0 Å². The number of phosphoric ester groups is 1. The molecular formula is C48H80NO9P. The lowest BCUT2D eigenvalue weighted by molar-refractivity contribution is -0.870. The Morgan fingerprint density at radius 1 is 0.610 bits per heavy atom. The molecule has 0 saturated heterocycles. The van der Waals surface area contributed by atoms with Crippen molar-refractivity contribution in [2.45, 2.75) is 148 Å². The molecule has 1 N–H and O–H groups in total. The summed E-state index contributed by atoms with van der Waals surface area (Å²) in [5.74, 6) is -0.956. The fourth-order valence-electron chi connectivity index (χ4n) is 5.18. The fourth-order valence-corrected chi connectivity index (χ4v) is 5.91. The molecule has 0 fully saturated rings. The molecule has 0 aliphatic carbocycles. The molecule has 0 spiro atoms. The number of quaternary nitrogens is 1. The molecule has 0 aliphatic rings. The number of unbranched alkanes of at least 4 members (excludes halogenated alkanes) is 6. The number of rotatable bonds is 38. The van der Waals surface area contributed by atoms with Gasteiger partial charge in [0.15, 0.2) is 6.10 Å². The molecule has 0 aromatic heterocycles. The van der Waals surface area contributed by atoms with Gasteiger partial charge in [0.1, 0.15) is 19.8 Å². The summed E-state index contributed by atoms with van der Waals surface area (Å²) < 4.78 is 33.8. The Morgan fingerprint density at radius 3 is 1.58 bits per heavy atom. The van der Waals surface area contributed by atoms with E-state index >= 15 is 0 Å². The predicted molar refractivity (Wildman–Crippen MR) is 241 cm³/mol. The van der Waals surface area contributed by atoms with Crippen LogP contribution in [0, 0.1) is 0 Å². The van der Waals surface area contributed by atoms with Gasteiger partial charge in [0.2, 0.25) is 0 Å². The van der Waals surface area contributed by atoms with Gasteiger partial charge < -0.3 is 33.0 Å². The first-order chi connectivity index (χ1) is 28.3. The van der Waals surface area contributed by atoms with Crippen LogP contribution in [0.15, 0.2) is 97.2 Å². The van der Waals surface area contributed by atoms with Gasteiger partial charge in [-0.15, -0.1) is 0 Å². The van der Waals surface area contributed by atoms with Crippen molar-refractivity contribution in [3.8, 4) is 0 Å². The highest BCUT2D eigenvalue weighted by molar-refractivity contribution is 7.45. The summed E-state index contributed by atoms with van der Waals surface area (Å²) in [6.45, 7) is 3.53. The minimum absolute atomic E-state index is 0.0569. The maximum atomic E-state index is 12.7. The number of aliphatic hydroxyl groups is 1. The summed E-state index contributed by atoms with van der Waals surface area (Å²) in [6, 6.07) is 0. The van der Waals surface area contributed by atoms with E-state index in [1.54, 1.807) is 0 Å². The second kappa shape index (κ2) is 39.1. The first kappa shape index (κ1) is 55.9. The molecule has 0 radical (unpaired) electrons. The van der Waals surface area contributed by atoms with Gasteiger partial charge in [0.05, 0.1) is 33.9 Å². The van der Waals surface area contributed by atoms with E-state index in [1.165, 1.54) is 0 Å². The summed E-state index contributed by atoms with van der Waals surface area (Å²) in [5.41, 5.74) is 0. The van der Waals surface area contributed by atoms with Gasteiger partial charge in [0.25, 0.3) is 7.82 Å². The Hall–Kier alpha value is -3.11. The first-order valence-corrected chi connectivity index (χ1v) is 23.4. The molecule has 3 atom stereocenters. The van der Waals surface area contributed by atoms with E-state index in [1.807, 2.05) is 40.2 Å². The van der Waals surface area contributed by atoms with Crippen LogP contribution >= 0.6 is 7.82 Å². The quantitative estimate of drug-likeness (QED) is 0.0212. The summed E-state index contributed by atoms with van der Waals surface area (Å²) in [6.07, 6.45) is 48.6. The molecule has 1 unspecified atom stereocenters. The van der Waals surface area contributed by atoms with Crippen LogP contribution in [-0.4, -0.2) is 81.2 Å². The molecule has 0 heterocycles. The molecule has 0 bridgehead atoms. The summed E-state index contributed by atoms with van der Waals surface area (Å²) in [7, 11) is 1.08. The maximum absolute atomic E-state index is 12.7. The van der Waals surface area contributed by atoms with Gasteiger partial charge in [0, 0.05) is 12.8 Å². The number of allylic oxidation sites excluding steroid dienone is 16. The molecule has 0 amide bonds. The Kier molecular flexibility index (Phi) is 37.0. The topological polar surface area (TPSA) is 131 Å². The number of carbonyl (C=O) groups excluding carboxylic acids is 2. The number of phosphoric acid groups is 1. The lowest BCUT2D eigenvalue weighted by Gasteiger charge is -2.28. The lowest BCUT2D eigenvalue weighted by atomic mass is 10.1. The minimum Gasteiger partial charge on any atom is -0.756 e. The van der Waals surface area contributed by atoms with Crippen LogP contribution < -0.4 is 4.89 Å². The highest BCUT2D eigenvalue weighted by atomic mass is 31.2. The minimum atomic E-state index is -4.66. The number of carbonyl (C=O) groups is 2. The van der Waals surface area contributed by atoms with E-state index in [9.17, 15) is 24.2 Å². The van der Waals surface area contributed by atoms with Crippen molar-refractivity contribution in [2.75, 3.05) is 47.5 Å². The third kappa shape index (κ3) is 44.3. The number of nitrogens with zero attached hydrogens (tertiary/aromatic N) is 1. The molecule has 0 saturated carbocycles. The molecule has 59 heavy (non-hydrogen) atoms. The first-order valence-electron chi connectivity index (χ1n) is 22.0.